The van der Waals surface area contributed by atoms with Crippen molar-refractivity contribution in [2.75, 3.05) is 26.1 Å². The number of nitrogens with one attached hydrogen (secondary N) is 2. The van der Waals surface area contributed by atoms with Crippen LogP contribution in [0, 0.1) is 0 Å². The lowest BCUT2D eigenvalue weighted by Crippen LogP contribution is -2.33. The second-order valence-corrected chi connectivity index (χ2v) is 9.68. The van der Waals surface area contributed by atoms with Crippen LogP contribution in [-0.4, -0.2) is 35.1 Å². The number of anilines is 1. The van der Waals surface area contributed by atoms with E-state index in [-0.39, 0.29) is 10.6 Å². The number of carbonyl (C=O) groups is 1. The minimum atomic E-state index is -3.93. The summed E-state index contributed by atoms with van der Waals surface area (Å²) in [7, 11) is -1.06. The van der Waals surface area contributed by atoms with Crippen molar-refractivity contribution in [3.05, 3.63) is 69.4 Å². The third-order valence-corrected chi connectivity index (χ3v) is 6.88. The number of hydrogen-bond acceptors (Lipinski definition) is 6. The molecule has 31 heavy (non-hydrogen) atoms. The molecule has 0 radical (unpaired) electrons. The number of hydrogen-bond donors (Lipinski definition) is 2. The first-order valence-electron chi connectivity index (χ1n) is 9.14. The van der Waals surface area contributed by atoms with Crippen LogP contribution < -0.4 is 19.5 Å². The molecular formula is C21H21ClN2O5S2. The standard InChI is InChI=1S/C21H21ClN2O5S2/c1-28-19-8-6-17(12-20(19)29-2)31(26,27)23-13-21(25)24-18-7-5-15(22)10-14(18)11-16-4-3-9-30-16/h3-10,12,23H,11,13H2,1-2H3,(H,24,25). The summed E-state index contributed by atoms with van der Waals surface area (Å²) >= 11 is 7.71. The van der Waals surface area contributed by atoms with Crippen LogP contribution >= 0.6 is 22.9 Å². The van der Waals surface area contributed by atoms with E-state index in [4.69, 9.17) is 21.1 Å². The summed E-state index contributed by atoms with van der Waals surface area (Å²) < 4.78 is 37.7. The van der Waals surface area contributed by atoms with Gasteiger partial charge in [0.2, 0.25) is 15.9 Å². The zero-order chi connectivity index (χ0) is 22.4. The summed E-state index contributed by atoms with van der Waals surface area (Å²) in [6.07, 6.45) is 0.602. The minimum absolute atomic E-state index is 0.0390. The number of thiophene rings is 1. The fraction of sp³-hybridized carbons (Fsp3) is 0.190. The van der Waals surface area contributed by atoms with Gasteiger partial charge in [0.05, 0.1) is 25.7 Å². The molecule has 0 spiro atoms. The monoisotopic (exact) mass is 480 g/mol. The molecule has 0 bridgehead atoms. The van der Waals surface area contributed by atoms with Crippen LogP contribution in [0.1, 0.15) is 10.4 Å². The van der Waals surface area contributed by atoms with Crippen molar-refractivity contribution >= 4 is 44.6 Å². The lowest BCUT2D eigenvalue weighted by molar-refractivity contribution is -0.115. The first-order chi connectivity index (χ1) is 14.8. The van der Waals surface area contributed by atoms with Gasteiger partial charge in [-0.15, -0.1) is 11.3 Å². The summed E-state index contributed by atoms with van der Waals surface area (Å²) in [6, 6.07) is 13.3. The number of ether oxygens (including phenoxy) is 2. The molecule has 164 valence electrons. The van der Waals surface area contributed by atoms with E-state index in [2.05, 4.69) is 10.0 Å². The van der Waals surface area contributed by atoms with Crippen molar-refractivity contribution in [2.45, 2.75) is 11.3 Å². The Balaban J connectivity index is 1.69. The second-order valence-electron chi connectivity index (χ2n) is 6.45. The van der Waals surface area contributed by atoms with Gasteiger partial charge in [0.15, 0.2) is 11.5 Å². The van der Waals surface area contributed by atoms with Gasteiger partial charge < -0.3 is 14.8 Å². The molecule has 3 rings (SSSR count). The Bertz CT molecular complexity index is 1160. The molecule has 0 aliphatic rings. The van der Waals surface area contributed by atoms with Gasteiger partial charge >= 0.3 is 0 Å². The fourth-order valence-corrected chi connectivity index (χ4v) is 4.77. The molecule has 0 saturated carbocycles. The number of rotatable bonds is 9. The number of amides is 1. The van der Waals surface area contributed by atoms with E-state index in [9.17, 15) is 13.2 Å². The lowest BCUT2D eigenvalue weighted by Gasteiger charge is -2.13. The summed E-state index contributed by atoms with van der Waals surface area (Å²) in [5.74, 6) is 0.174. The molecular weight excluding hydrogens is 460 g/mol. The lowest BCUT2D eigenvalue weighted by atomic mass is 10.1. The maximum Gasteiger partial charge on any atom is 0.241 e. The summed E-state index contributed by atoms with van der Waals surface area (Å²) in [4.78, 5) is 13.5. The van der Waals surface area contributed by atoms with Crippen molar-refractivity contribution in [1.29, 1.82) is 0 Å². The largest absolute Gasteiger partial charge is 0.493 e. The minimum Gasteiger partial charge on any atom is -0.493 e. The van der Waals surface area contributed by atoms with Crippen LogP contribution in [-0.2, 0) is 21.2 Å². The van der Waals surface area contributed by atoms with E-state index in [0.717, 1.165) is 10.4 Å². The number of halogens is 1. The van der Waals surface area contributed by atoms with Gasteiger partial charge in [-0.3, -0.25) is 4.79 Å². The predicted octanol–water partition coefficient (Wildman–Crippen LogP) is 3.93. The summed E-state index contributed by atoms with van der Waals surface area (Å²) in [5, 5.41) is 5.28. The van der Waals surface area contributed by atoms with Gasteiger partial charge in [-0.2, -0.15) is 0 Å². The van der Waals surface area contributed by atoms with Gasteiger partial charge in [-0.05, 0) is 47.3 Å². The Labute approximate surface area is 190 Å². The first kappa shape index (κ1) is 23.1. The van der Waals surface area contributed by atoms with Crippen molar-refractivity contribution in [2.24, 2.45) is 0 Å². The predicted molar refractivity (Wildman–Crippen MR) is 122 cm³/mol. The van der Waals surface area contributed by atoms with Gasteiger partial charge in [0.1, 0.15) is 0 Å². The van der Waals surface area contributed by atoms with Crippen molar-refractivity contribution in [3.8, 4) is 11.5 Å². The highest BCUT2D eigenvalue weighted by molar-refractivity contribution is 7.89. The highest BCUT2D eigenvalue weighted by Crippen LogP contribution is 2.29. The molecule has 3 aromatic rings. The van der Waals surface area contributed by atoms with Crippen molar-refractivity contribution in [1.82, 2.24) is 4.72 Å². The van der Waals surface area contributed by atoms with E-state index < -0.39 is 22.5 Å². The number of methoxy groups -OCH3 is 2. The van der Waals surface area contributed by atoms with Gasteiger partial charge in [-0.25, -0.2) is 13.1 Å². The van der Waals surface area contributed by atoms with Crippen LogP contribution in [0.15, 0.2) is 58.8 Å². The quantitative estimate of drug-likeness (QED) is 0.484. The zero-order valence-corrected chi connectivity index (χ0v) is 19.2. The molecule has 0 fully saturated rings. The summed E-state index contributed by atoms with van der Waals surface area (Å²) in [5.41, 5.74) is 1.42. The fourth-order valence-electron chi connectivity index (χ4n) is 2.85. The van der Waals surface area contributed by atoms with Crippen molar-refractivity contribution in [3.63, 3.8) is 0 Å². The van der Waals surface area contributed by atoms with Crippen LogP contribution in [0.25, 0.3) is 0 Å². The molecule has 7 nitrogen and oxygen atoms in total. The molecule has 0 unspecified atom stereocenters. The SMILES string of the molecule is COc1ccc(S(=O)(=O)NCC(=O)Nc2ccc(Cl)cc2Cc2cccs2)cc1OC. The average Bonchev–Trinajstić information content (AvgIpc) is 3.27. The molecule has 0 atom stereocenters. The molecule has 1 heterocycles. The first-order valence-corrected chi connectivity index (χ1v) is 11.9. The van der Waals surface area contributed by atoms with Crippen LogP contribution in [0.4, 0.5) is 5.69 Å². The Morgan fingerprint density at radius 2 is 1.84 bits per heavy atom. The number of carbonyl (C=O) groups excluding carboxylic acids is 1. The molecule has 0 saturated heterocycles. The van der Waals surface area contributed by atoms with E-state index >= 15 is 0 Å². The molecule has 0 aliphatic carbocycles. The average molecular weight is 481 g/mol. The topological polar surface area (TPSA) is 93.7 Å². The van der Waals surface area contributed by atoms with Crippen molar-refractivity contribution < 1.29 is 22.7 Å². The van der Waals surface area contributed by atoms with Gasteiger partial charge in [-0.1, -0.05) is 17.7 Å². The van der Waals surface area contributed by atoms with Crippen LogP contribution in [0.2, 0.25) is 5.02 Å². The smallest absolute Gasteiger partial charge is 0.241 e. The molecule has 10 heteroatoms. The van der Waals surface area contributed by atoms with E-state index in [1.54, 1.807) is 29.5 Å². The Morgan fingerprint density at radius 1 is 1.06 bits per heavy atom. The zero-order valence-electron chi connectivity index (χ0n) is 16.8. The van der Waals surface area contributed by atoms with E-state index in [1.165, 1.54) is 32.4 Å². The number of benzene rings is 2. The normalized spacial score (nSPS) is 11.2. The Hall–Kier alpha value is -2.59. The van der Waals surface area contributed by atoms with E-state index in [1.807, 2.05) is 17.5 Å². The Kier molecular flexibility index (Phi) is 7.55. The highest BCUT2D eigenvalue weighted by Gasteiger charge is 2.19. The van der Waals surface area contributed by atoms with Crippen LogP contribution in [0.3, 0.4) is 0 Å². The molecule has 1 aromatic heterocycles. The second kappa shape index (κ2) is 10.1. The third kappa shape index (κ3) is 5.98. The highest BCUT2D eigenvalue weighted by atomic mass is 35.5. The molecule has 2 N–H and O–H groups in total. The maximum absolute atomic E-state index is 12.6. The van der Waals surface area contributed by atoms with Crippen LogP contribution in [0.5, 0.6) is 11.5 Å². The molecule has 1 amide bonds. The maximum atomic E-state index is 12.6. The molecule has 2 aromatic carbocycles. The van der Waals surface area contributed by atoms with Gasteiger partial charge in [0, 0.05) is 28.1 Å². The third-order valence-electron chi connectivity index (χ3n) is 4.37. The number of sulfonamides is 1. The summed E-state index contributed by atoms with van der Waals surface area (Å²) in [6.45, 7) is -0.433. The molecule has 0 aliphatic heterocycles. The van der Waals surface area contributed by atoms with E-state index in [0.29, 0.717) is 22.9 Å². The Morgan fingerprint density at radius 3 is 2.52 bits per heavy atom. The van der Waals surface area contributed by atoms with Gasteiger partial charge in [0.25, 0.3) is 0 Å².